The quantitative estimate of drug-likeness (QED) is 0.921. The molecule has 1 aliphatic heterocycles. The summed E-state index contributed by atoms with van der Waals surface area (Å²) in [6, 6.07) is 0. The van der Waals surface area contributed by atoms with Gasteiger partial charge < -0.3 is 10.1 Å². The van der Waals surface area contributed by atoms with Crippen LogP contribution < -0.4 is 5.32 Å². The van der Waals surface area contributed by atoms with E-state index in [1.807, 2.05) is 11.3 Å². The molecule has 1 saturated heterocycles. The summed E-state index contributed by atoms with van der Waals surface area (Å²) in [6.07, 6.45) is 7.51. The summed E-state index contributed by atoms with van der Waals surface area (Å²) < 4.78 is 6.00. The molecule has 1 N–H and O–H groups in total. The van der Waals surface area contributed by atoms with Gasteiger partial charge in [-0.25, -0.2) is 4.98 Å². The number of aryl methyl sites for hydroxylation is 2. The standard InChI is InChI=1S/C17H28N2OS/c1-4-18-17(9-10-20-14(11-17)12(2)3)16-19-13-7-5-6-8-15(13)21-16/h12,14,18H,4-11H2,1-3H3. The maximum absolute atomic E-state index is 6.00. The number of nitrogens with zero attached hydrogens (tertiary/aromatic N) is 1. The molecule has 1 aliphatic carbocycles. The Morgan fingerprint density at radius 2 is 2.19 bits per heavy atom. The molecule has 2 unspecified atom stereocenters. The molecule has 0 saturated carbocycles. The van der Waals surface area contributed by atoms with E-state index in [0.29, 0.717) is 12.0 Å². The average molecular weight is 308 g/mol. The number of rotatable bonds is 4. The maximum Gasteiger partial charge on any atom is 0.113 e. The van der Waals surface area contributed by atoms with Gasteiger partial charge in [0.05, 0.1) is 17.3 Å². The molecule has 1 aromatic heterocycles. The average Bonchev–Trinajstić information content (AvgIpc) is 2.92. The lowest BCUT2D eigenvalue weighted by atomic mass is 9.83. The first-order chi connectivity index (χ1) is 10.1. The van der Waals surface area contributed by atoms with Crippen molar-refractivity contribution >= 4 is 11.3 Å². The van der Waals surface area contributed by atoms with Crippen molar-refractivity contribution in [1.82, 2.24) is 10.3 Å². The van der Waals surface area contributed by atoms with Gasteiger partial charge in [-0.3, -0.25) is 0 Å². The van der Waals surface area contributed by atoms with E-state index in [0.717, 1.165) is 26.0 Å². The van der Waals surface area contributed by atoms with Gasteiger partial charge in [-0.05, 0) is 51.0 Å². The molecule has 1 aromatic rings. The zero-order chi connectivity index (χ0) is 14.9. The van der Waals surface area contributed by atoms with Crippen molar-refractivity contribution < 1.29 is 4.74 Å². The Bertz CT molecular complexity index is 458. The highest BCUT2D eigenvalue weighted by Crippen LogP contribution is 2.40. The van der Waals surface area contributed by atoms with Crippen LogP contribution in [-0.4, -0.2) is 24.2 Å². The molecular weight excluding hydrogens is 280 g/mol. The third-order valence-corrected chi connectivity index (χ3v) is 6.29. The number of nitrogens with one attached hydrogen (secondary N) is 1. The Labute approximate surface area is 132 Å². The fourth-order valence-electron chi connectivity index (χ4n) is 3.64. The molecule has 2 heterocycles. The van der Waals surface area contributed by atoms with Gasteiger partial charge in [0.1, 0.15) is 5.01 Å². The van der Waals surface area contributed by atoms with E-state index in [1.54, 1.807) is 4.88 Å². The SMILES string of the molecule is CCNC1(c2nc3c(s2)CCCC3)CCOC(C(C)C)C1. The number of aromatic nitrogens is 1. The van der Waals surface area contributed by atoms with Crippen molar-refractivity contribution in [3.05, 3.63) is 15.6 Å². The van der Waals surface area contributed by atoms with Crippen LogP contribution in [0, 0.1) is 5.92 Å². The highest BCUT2D eigenvalue weighted by Gasteiger charge is 2.41. The first-order valence-corrected chi connectivity index (χ1v) is 9.32. The summed E-state index contributed by atoms with van der Waals surface area (Å²) in [4.78, 5) is 6.60. The van der Waals surface area contributed by atoms with Crippen LogP contribution in [0.1, 0.15) is 62.0 Å². The van der Waals surface area contributed by atoms with E-state index in [1.165, 1.54) is 36.4 Å². The van der Waals surface area contributed by atoms with E-state index in [-0.39, 0.29) is 5.54 Å². The lowest BCUT2D eigenvalue weighted by Gasteiger charge is -2.41. The van der Waals surface area contributed by atoms with Gasteiger partial charge in [0.15, 0.2) is 0 Å². The Morgan fingerprint density at radius 3 is 2.90 bits per heavy atom. The van der Waals surface area contributed by atoms with Crippen molar-refractivity contribution in [2.45, 2.75) is 70.9 Å². The fraction of sp³-hybridized carbons (Fsp3) is 0.824. The number of fused-ring (bicyclic) bond motifs is 1. The molecular formula is C17H28N2OS. The van der Waals surface area contributed by atoms with Gasteiger partial charge in [-0.2, -0.15) is 0 Å². The molecule has 0 radical (unpaired) electrons. The zero-order valence-corrected chi connectivity index (χ0v) is 14.4. The normalized spacial score (nSPS) is 29.6. The Morgan fingerprint density at radius 1 is 1.38 bits per heavy atom. The van der Waals surface area contributed by atoms with Crippen LogP contribution in [0.2, 0.25) is 0 Å². The summed E-state index contributed by atoms with van der Waals surface area (Å²) in [5, 5.41) is 5.10. The Hall–Kier alpha value is -0.450. The van der Waals surface area contributed by atoms with Gasteiger partial charge in [-0.1, -0.05) is 20.8 Å². The van der Waals surface area contributed by atoms with E-state index >= 15 is 0 Å². The minimum absolute atomic E-state index is 0.0456. The predicted molar refractivity (Wildman–Crippen MR) is 87.9 cm³/mol. The van der Waals surface area contributed by atoms with E-state index in [2.05, 4.69) is 26.1 Å². The second-order valence-electron chi connectivity index (χ2n) is 6.82. The third kappa shape index (κ3) is 3.03. The summed E-state index contributed by atoms with van der Waals surface area (Å²) >= 11 is 1.97. The molecule has 0 spiro atoms. The molecule has 4 heteroatoms. The highest BCUT2D eigenvalue weighted by atomic mass is 32.1. The van der Waals surface area contributed by atoms with Crippen molar-refractivity contribution in [3.8, 4) is 0 Å². The van der Waals surface area contributed by atoms with Crippen molar-refractivity contribution in [2.24, 2.45) is 5.92 Å². The minimum Gasteiger partial charge on any atom is -0.378 e. The molecule has 3 nitrogen and oxygen atoms in total. The summed E-state index contributed by atoms with van der Waals surface area (Å²) in [7, 11) is 0. The molecule has 118 valence electrons. The summed E-state index contributed by atoms with van der Waals surface area (Å²) in [5.74, 6) is 0.568. The number of hydrogen-bond acceptors (Lipinski definition) is 4. The Balaban J connectivity index is 1.90. The smallest absolute Gasteiger partial charge is 0.113 e. The highest BCUT2D eigenvalue weighted by molar-refractivity contribution is 7.11. The minimum atomic E-state index is 0.0456. The predicted octanol–water partition coefficient (Wildman–Crippen LogP) is 3.66. The van der Waals surface area contributed by atoms with Crippen molar-refractivity contribution in [1.29, 1.82) is 0 Å². The van der Waals surface area contributed by atoms with Crippen molar-refractivity contribution in [2.75, 3.05) is 13.2 Å². The van der Waals surface area contributed by atoms with Crippen LogP contribution in [-0.2, 0) is 23.1 Å². The number of ether oxygens (including phenoxy) is 1. The van der Waals surface area contributed by atoms with E-state index in [4.69, 9.17) is 9.72 Å². The topological polar surface area (TPSA) is 34.2 Å². The lowest BCUT2D eigenvalue weighted by molar-refractivity contribution is -0.0531. The first-order valence-electron chi connectivity index (χ1n) is 8.50. The van der Waals surface area contributed by atoms with Gasteiger partial charge in [0.25, 0.3) is 0 Å². The van der Waals surface area contributed by atoms with Gasteiger partial charge >= 0.3 is 0 Å². The monoisotopic (exact) mass is 308 g/mol. The van der Waals surface area contributed by atoms with Crippen molar-refractivity contribution in [3.63, 3.8) is 0 Å². The van der Waals surface area contributed by atoms with Crippen LogP contribution in [0.4, 0.5) is 0 Å². The van der Waals surface area contributed by atoms with E-state index in [9.17, 15) is 0 Å². The lowest BCUT2D eigenvalue weighted by Crippen LogP contribution is -2.50. The van der Waals surface area contributed by atoms with Gasteiger partial charge in [0.2, 0.25) is 0 Å². The molecule has 2 aliphatic rings. The molecule has 21 heavy (non-hydrogen) atoms. The molecule has 0 aromatic carbocycles. The largest absolute Gasteiger partial charge is 0.378 e. The van der Waals surface area contributed by atoms with Crippen LogP contribution in [0.3, 0.4) is 0 Å². The Kier molecular flexibility index (Phi) is 4.67. The summed E-state index contributed by atoms with van der Waals surface area (Å²) in [6.45, 7) is 8.57. The van der Waals surface area contributed by atoms with Crippen LogP contribution in [0.25, 0.3) is 0 Å². The zero-order valence-electron chi connectivity index (χ0n) is 13.6. The maximum atomic E-state index is 6.00. The third-order valence-electron chi connectivity index (χ3n) is 4.92. The van der Waals surface area contributed by atoms with Crippen LogP contribution >= 0.6 is 11.3 Å². The number of thiazole rings is 1. The molecule has 0 amide bonds. The molecule has 2 atom stereocenters. The van der Waals surface area contributed by atoms with Gasteiger partial charge in [-0.15, -0.1) is 11.3 Å². The second-order valence-corrected chi connectivity index (χ2v) is 7.90. The number of hydrogen-bond donors (Lipinski definition) is 1. The summed E-state index contributed by atoms with van der Waals surface area (Å²) in [5.41, 5.74) is 1.43. The van der Waals surface area contributed by atoms with Crippen LogP contribution in [0.5, 0.6) is 0 Å². The molecule has 1 fully saturated rings. The first kappa shape index (κ1) is 15.4. The fourth-order valence-corrected chi connectivity index (χ4v) is 5.00. The molecule has 3 rings (SSSR count). The molecule has 0 bridgehead atoms. The van der Waals surface area contributed by atoms with Crippen LogP contribution in [0.15, 0.2) is 0 Å². The van der Waals surface area contributed by atoms with Gasteiger partial charge in [0, 0.05) is 11.5 Å². The second kappa shape index (κ2) is 6.35. The van der Waals surface area contributed by atoms with E-state index < -0.39 is 0 Å².